The van der Waals surface area contributed by atoms with Crippen molar-refractivity contribution >= 4 is 22.9 Å². The van der Waals surface area contributed by atoms with Gasteiger partial charge in [0.2, 0.25) is 0 Å². The van der Waals surface area contributed by atoms with Gasteiger partial charge in [-0.1, -0.05) is 56.7 Å². The van der Waals surface area contributed by atoms with Crippen LogP contribution < -0.4 is 10.9 Å². The van der Waals surface area contributed by atoms with Crippen LogP contribution in [0.1, 0.15) is 74.6 Å². The molecule has 29 heavy (non-hydrogen) atoms. The van der Waals surface area contributed by atoms with Gasteiger partial charge in [0.05, 0.1) is 0 Å². The SMILES string of the molecule is O=C(NC1CCCCC1)N(C(=O)c1cc2ccccc2oc1=O)C1CCCCC1. The number of nitrogens with zero attached hydrogens (tertiary/aromatic N) is 1. The minimum atomic E-state index is -0.694. The largest absolute Gasteiger partial charge is 0.422 e. The number of para-hydroxylation sites is 1. The molecule has 6 heteroatoms. The Hall–Kier alpha value is -2.63. The van der Waals surface area contributed by atoms with E-state index in [0.29, 0.717) is 11.0 Å². The van der Waals surface area contributed by atoms with Crippen molar-refractivity contribution in [2.45, 2.75) is 76.3 Å². The third-order valence-electron chi connectivity index (χ3n) is 6.18. The molecular weight excluding hydrogens is 368 g/mol. The Labute approximate surface area is 170 Å². The molecule has 1 aromatic carbocycles. The zero-order valence-corrected chi connectivity index (χ0v) is 16.7. The van der Waals surface area contributed by atoms with Gasteiger partial charge in [-0.25, -0.2) is 9.59 Å². The number of fused-ring (bicyclic) bond motifs is 1. The minimum Gasteiger partial charge on any atom is -0.422 e. The molecule has 154 valence electrons. The first-order valence-electron chi connectivity index (χ1n) is 10.8. The van der Waals surface area contributed by atoms with Crippen LogP contribution in [0.25, 0.3) is 11.0 Å². The zero-order chi connectivity index (χ0) is 20.2. The van der Waals surface area contributed by atoms with E-state index in [4.69, 9.17) is 4.42 Å². The highest BCUT2D eigenvalue weighted by atomic mass is 16.4. The summed E-state index contributed by atoms with van der Waals surface area (Å²) in [6, 6.07) is 8.19. The lowest BCUT2D eigenvalue weighted by atomic mass is 9.93. The minimum absolute atomic E-state index is 0.0759. The first-order valence-corrected chi connectivity index (χ1v) is 10.8. The van der Waals surface area contributed by atoms with Gasteiger partial charge in [0.15, 0.2) is 0 Å². The number of carbonyl (C=O) groups is 2. The molecule has 2 aromatic rings. The van der Waals surface area contributed by atoms with Crippen LogP contribution in [0, 0.1) is 0 Å². The molecule has 6 nitrogen and oxygen atoms in total. The maximum absolute atomic E-state index is 13.4. The molecule has 3 amide bonds. The summed E-state index contributed by atoms with van der Waals surface area (Å²) in [4.78, 5) is 40.4. The van der Waals surface area contributed by atoms with Crippen LogP contribution >= 0.6 is 0 Å². The molecule has 0 bridgehead atoms. The number of nitrogens with one attached hydrogen (secondary N) is 1. The third kappa shape index (κ3) is 4.36. The summed E-state index contributed by atoms with van der Waals surface area (Å²) >= 11 is 0. The average molecular weight is 396 g/mol. The number of hydrogen-bond acceptors (Lipinski definition) is 4. The van der Waals surface area contributed by atoms with E-state index in [-0.39, 0.29) is 23.7 Å². The number of imide groups is 1. The monoisotopic (exact) mass is 396 g/mol. The fraction of sp³-hybridized carbons (Fsp3) is 0.522. The van der Waals surface area contributed by atoms with Crippen LogP contribution in [0.3, 0.4) is 0 Å². The fourth-order valence-corrected chi connectivity index (χ4v) is 4.60. The van der Waals surface area contributed by atoms with Crippen LogP contribution in [0.4, 0.5) is 4.79 Å². The topological polar surface area (TPSA) is 79.6 Å². The van der Waals surface area contributed by atoms with Crippen molar-refractivity contribution in [2.75, 3.05) is 0 Å². The van der Waals surface area contributed by atoms with Gasteiger partial charge in [-0.2, -0.15) is 0 Å². The number of benzene rings is 1. The molecule has 1 heterocycles. The molecule has 1 aromatic heterocycles. The number of rotatable bonds is 3. The molecule has 2 saturated carbocycles. The highest BCUT2D eigenvalue weighted by Gasteiger charge is 2.34. The molecule has 0 unspecified atom stereocenters. The quantitative estimate of drug-likeness (QED) is 0.769. The summed E-state index contributed by atoms with van der Waals surface area (Å²) in [5.41, 5.74) is -0.335. The third-order valence-corrected chi connectivity index (χ3v) is 6.18. The second kappa shape index (κ2) is 8.80. The maximum atomic E-state index is 13.4. The Morgan fingerprint density at radius 2 is 1.59 bits per heavy atom. The molecule has 2 fully saturated rings. The van der Waals surface area contributed by atoms with Gasteiger partial charge < -0.3 is 9.73 Å². The zero-order valence-electron chi connectivity index (χ0n) is 16.7. The van der Waals surface area contributed by atoms with Gasteiger partial charge in [-0.3, -0.25) is 9.69 Å². The van der Waals surface area contributed by atoms with E-state index in [1.807, 2.05) is 6.07 Å². The second-order valence-corrected chi connectivity index (χ2v) is 8.24. The van der Waals surface area contributed by atoms with Crippen molar-refractivity contribution in [1.82, 2.24) is 10.2 Å². The van der Waals surface area contributed by atoms with E-state index in [2.05, 4.69) is 5.32 Å². The van der Waals surface area contributed by atoms with E-state index in [0.717, 1.165) is 57.8 Å². The lowest BCUT2D eigenvalue weighted by molar-refractivity contribution is 0.0698. The van der Waals surface area contributed by atoms with E-state index in [9.17, 15) is 14.4 Å². The summed E-state index contributed by atoms with van der Waals surface area (Å²) < 4.78 is 5.35. The normalized spacial score (nSPS) is 18.5. The number of urea groups is 1. The molecular formula is C23H28N2O4. The van der Waals surface area contributed by atoms with Crippen LogP contribution in [-0.2, 0) is 0 Å². The number of carbonyl (C=O) groups excluding carboxylic acids is 2. The standard InChI is InChI=1S/C23H28N2O4/c26-21(19-15-16-9-7-8-14-20(16)29-22(19)27)25(18-12-5-2-6-13-18)23(28)24-17-10-3-1-4-11-17/h7-9,14-15,17-18H,1-6,10-13H2,(H,24,28). The molecule has 2 aliphatic carbocycles. The van der Waals surface area contributed by atoms with Gasteiger partial charge in [0.1, 0.15) is 11.1 Å². The van der Waals surface area contributed by atoms with Crippen LogP contribution in [0.15, 0.2) is 39.5 Å². The van der Waals surface area contributed by atoms with Crippen LogP contribution in [0.2, 0.25) is 0 Å². The molecule has 2 aliphatic rings. The molecule has 0 radical (unpaired) electrons. The lowest BCUT2D eigenvalue weighted by Crippen LogP contribution is -2.53. The Kier molecular flexibility index (Phi) is 5.97. The summed E-state index contributed by atoms with van der Waals surface area (Å²) in [6.45, 7) is 0. The van der Waals surface area contributed by atoms with Gasteiger partial charge in [-0.05, 0) is 37.8 Å². The number of hydrogen-bond donors (Lipinski definition) is 1. The van der Waals surface area contributed by atoms with E-state index in [1.165, 1.54) is 11.3 Å². The van der Waals surface area contributed by atoms with Crippen molar-refractivity contribution in [3.8, 4) is 0 Å². The predicted molar refractivity (Wildman–Crippen MR) is 111 cm³/mol. The second-order valence-electron chi connectivity index (χ2n) is 8.24. The Bertz CT molecular complexity index is 939. The summed E-state index contributed by atoms with van der Waals surface area (Å²) in [7, 11) is 0. The Balaban J connectivity index is 1.64. The molecule has 0 spiro atoms. The van der Waals surface area contributed by atoms with Gasteiger partial charge in [0, 0.05) is 17.5 Å². The summed E-state index contributed by atoms with van der Waals surface area (Å²) in [5.74, 6) is -0.551. The highest BCUT2D eigenvalue weighted by Crippen LogP contribution is 2.25. The predicted octanol–water partition coefficient (Wildman–Crippen LogP) is 4.61. The van der Waals surface area contributed by atoms with Crippen molar-refractivity contribution in [2.24, 2.45) is 0 Å². The molecule has 4 rings (SSSR count). The maximum Gasteiger partial charge on any atom is 0.349 e. The average Bonchev–Trinajstić information content (AvgIpc) is 2.75. The summed E-state index contributed by atoms with van der Waals surface area (Å²) in [5, 5.41) is 3.73. The van der Waals surface area contributed by atoms with Crippen LogP contribution in [0.5, 0.6) is 0 Å². The van der Waals surface area contributed by atoms with E-state index < -0.39 is 11.5 Å². The first kappa shape index (κ1) is 19.7. The molecule has 0 saturated heterocycles. The molecule has 0 atom stereocenters. The van der Waals surface area contributed by atoms with Crippen molar-refractivity contribution in [3.63, 3.8) is 0 Å². The van der Waals surface area contributed by atoms with Crippen LogP contribution in [-0.4, -0.2) is 28.9 Å². The van der Waals surface area contributed by atoms with Crippen molar-refractivity contribution in [1.29, 1.82) is 0 Å². The Morgan fingerprint density at radius 3 is 2.31 bits per heavy atom. The summed E-state index contributed by atoms with van der Waals surface area (Å²) in [6.07, 6.45) is 9.90. The van der Waals surface area contributed by atoms with Crippen molar-refractivity contribution < 1.29 is 14.0 Å². The number of amides is 3. The van der Waals surface area contributed by atoms with Crippen molar-refractivity contribution in [3.05, 3.63) is 46.3 Å². The van der Waals surface area contributed by atoms with E-state index in [1.54, 1.807) is 24.3 Å². The molecule has 1 N–H and O–H groups in total. The van der Waals surface area contributed by atoms with Gasteiger partial charge >= 0.3 is 11.7 Å². The smallest absolute Gasteiger partial charge is 0.349 e. The Morgan fingerprint density at radius 1 is 0.931 bits per heavy atom. The van der Waals surface area contributed by atoms with Gasteiger partial charge in [0.25, 0.3) is 5.91 Å². The van der Waals surface area contributed by atoms with E-state index >= 15 is 0 Å². The molecule has 0 aliphatic heterocycles. The highest BCUT2D eigenvalue weighted by molar-refractivity contribution is 6.05. The lowest BCUT2D eigenvalue weighted by Gasteiger charge is -2.34. The first-order chi connectivity index (χ1) is 14.1. The fourth-order valence-electron chi connectivity index (χ4n) is 4.60. The van der Waals surface area contributed by atoms with Gasteiger partial charge in [-0.15, -0.1) is 0 Å².